The molecule has 0 spiro atoms. The number of hydrogen-bond donors (Lipinski definition) is 0. The van der Waals surface area contributed by atoms with Gasteiger partial charge < -0.3 is 14.0 Å². The zero-order valence-electron chi connectivity index (χ0n) is 17.0. The maximum Gasteiger partial charge on any atom is 0.137 e. The molecule has 2 aliphatic heterocycles. The Morgan fingerprint density at radius 1 is 0.964 bits per heavy atom. The van der Waals surface area contributed by atoms with Crippen LogP contribution in [0.4, 0.5) is 0 Å². The first-order valence-corrected chi connectivity index (χ1v) is 10.8. The van der Waals surface area contributed by atoms with E-state index in [9.17, 15) is 0 Å². The Morgan fingerprint density at radius 3 is 2.61 bits per heavy atom. The molecule has 1 unspecified atom stereocenters. The molecule has 1 aromatic heterocycles. The maximum atomic E-state index is 5.94. The number of aromatic nitrogens is 3. The third-order valence-corrected chi connectivity index (χ3v) is 5.82. The topological polar surface area (TPSA) is 52.4 Å². The molecule has 0 saturated carbocycles. The molecule has 0 amide bonds. The van der Waals surface area contributed by atoms with Crippen LogP contribution in [0.25, 0.3) is 0 Å². The van der Waals surface area contributed by atoms with E-state index in [4.69, 9.17) is 9.47 Å². The van der Waals surface area contributed by atoms with E-state index in [1.807, 2.05) is 31.2 Å². The summed E-state index contributed by atoms with van der Waals surface area (Å²) in [6, 6.07) is 7.89. The molecule has 4 rings (SSSR count). The summed E-state index contributed by atoms with van der Waals surface area (Å²) in [6.07, 6.45) is 7.33. The van der Waals surface area contributed by atoms with Crippen LogP contribution >= 0.6 is 0 Å². The van der Waals surface area contributed by atoms with Gasteiger partial charge in [-0.15, -0.1) is 10.2 Å². The summed E-state index contributed by atoms with van der Waals surface area (Å²) in [4.78, 5) is 2.51. The van der Waals surface area contributed by atoms with Crippen molar-refractivity contribution < 1.29 is 9.47 Å². The smallest absolute Gasteiger partial charge is 0.137 e. The number of benzene rings is 1. The number of hydrogen-bond acceptors (Lipinski definition) is 5. The van der Waals surface area contributed by atoms with Crippen molar-refractivity contribution in [1.29, 1.82) is 0 Å². The van der Waals surface area contributed by atoms with E-state index in [-0.39, 0.29) is 0 Å². The molecule has 152 valence electrons. The summed E-state index contributed by atoms with van der Waals surface area (Å²) < 4.78 is 13.8. The Morgan fingerprint density at radius 2 is 1.79 bits per heavy atom. The highest BCUT2D eigenvalue weighted by Crippen LogP contribution is 2.28. The largest absolute Gasteiger partial charge is 0.494 e. The van der Waals surface area contributed by atoms with Gasteiger partial charge in [0.05, 0.1) is 6.61 Å². The lowest BCUT2D eigenvalue weighted by Gasteiger charge is -2.32. The number of ether oxygens (including phenoxy) is 2. The van der Waals surface area contributed by atoms with Crippen molar-refractivity contribution in [2.75, 3.05) is 32.8 Å². The second kappa shape index (κ2) is 9.41. The third-order valence-electron chi connectivity index (χ3n) is 5.82. The summed E-state index contributed by atoms with van der Waals surface area (Å²) in [5, 5.41) is 9.09. The van der Waals surface area contributed by atoms with Crippen LogP contribution in [0.1, 0.15) is 56.6 Å². The van der Waals surface area contributed by atoms with E-state index in [1.165, 1.54) is 43.8 Å². The molecule has 2 aromatic rings. The van der Waals surface area contributed by atoms with E-state index in [0.29, 0.717) is 19.1 Å². The first kappa shape index (κ1) is 19.2. The Labute approximate surface area is 167 Å². The van der Waals surface area contributed by atoms with Crippen LogP contribution in [0, 0.1) is 0 Å². The molecule has 0 radical (unpaired) electrons. The Balaban J connectivity index is 1.29. The van der Waals surface area contributed by atoms with Gasteiger partial charge in [0.15, 0.2) is 0 Å². The number of nitrogens with zero attached hydrogens (tertiary/aromatic N) is 4. The fourth-order valence-corrected chi connectivity index (χ4v) is 4.37. The van der Waals surface area contributed by atoms with Gasteiger partial charge in [0, 0.05) is 32.0 Å². The highest BCUT2D eigenvalue weighted by molar-refractivity contribution is 5.31. The van der Waals surface area contributed by atoms with Gasteiger partial charge >= 0.3 is 0 Å². The van der Waals surface area contributed by atoms with Gasteiger partial charge in [-0.1, -0.05) is 6.42 Å². The standard InChI is InChI=1S/C22H32N4O2/c1-2-27-19-9-11-20(12-10-19)28-16-15-25-13-6-7-18(17-25)22-24-23-21-8-4-3-5-14-26(21)22/h9-12,18H,2-8,13-17H2,1H3. The second-order valence-electron chi connectivity index (χ2n) is 7.83. The number of likely N-dealkylation sites (tertiary alicyclic amines) is 1. The van der Waals surface area contributed by atoms with Crippen molar-refractivity contribution in [1.82, 2.24) is 19.7 Å². The molecule has 1 saturated heterocycles. The number of fused-ring (bicyclic) bond motifs is 1. The molecule has 0 bridgehead atoms. The summed E-state index contributed by atoms with van der Waals surface area (Å²) in [5.41, 5.74) is 0. The average molecular weight is 385 g/mol. The minimum absolute atomic E-state index is 0.499. The summed E-state index contributed by atoms with van der Waals surface area (Å²) in [7, 11) is 0. The van der Waals surface area contributed by atoms with Crippen LogP contribution in [0.2, 0.25) is 0 Å². The maximum absolute atomic E-state index is 5.94. The van der Waals surface area contributed by atoms with E-state index >= 15 is 0 Å². The normalized spacial score (nSPS) is 20.4. The van der Waals surface area contributed by atoms with E-state index in [0.717, 1.165) is 44.1 Å². The zero-order chi connectivity index (χ0) is 19.2. The van der Waals surface area contributed by atoms with Gasteiger partial charge in [-0.25, -0.2) is 0 Å². The van der Waals surface area contributed by atoms with Crippen molar-refractivity contribution in [2.45, 2.75) is 57.9 Å². The van der Waals surface area contributed by atoms with Gasteiger partial charge in [0.25, 0.3) is 0 Å². The molecule has 28 heavy (non-hydrogen) atoms. The molecule has 1 aromatic carbocycles. The van der Waals surface area contributed by atoms with Crippen molar-refractivity contribution in [2.24, 2.45) is 0 Å². The summed E-state index contributed by atoms with van der Waals surface area (Å²) >= 11 is 0. The van der Waals surface area contributed by atoms with E-state index < -0.39 is 0 Å². The highest BCUT2D eigenvalue weighted by Gasteiger charge is 2.27. The lowest BCUT2D eigenvalue weighted by atomic mass is 9.97. The first-order valence-electron chi connectivity index (χ1n) is 10.8. The van der Waals surface area contributed by atoms with Gasteiger partial charge in [0.1, 0.15) is 29.8 Å². The fraction of sp³-hybridized carbons (Fsp3) is 0.636. The highest BCUT2D eigenvalue weighted by atomic mass is 16.5. The Hall–Kier alpha value is -2.08. The Bertz CT molecular complexity index is 743. The van der Waals surface area contributed by atoms with Crippen LogP contribution in [-0.2, 0) is 13.0 Å². The van der Waals surface area contributed by atoms with E-state index in [1.54, 1.807) is 0 Å². The molecular weight excluding hydrogens is 352 g/mol. The number of aryl methyl sites for hydroxylation is 1. The molecule has 6 nitrogen and oxygen atoms in total. The first-order chi connectivity index (χ1) is 13.8. The fourth-order valence-electron chi connectivity index (χ4n) is 4.37. The lowest BCUT2D eigenvalue weighted by molar-refractivity contribution is 0.166. The van der Waals surface area contributed by atoms with Crippen molar-refractivity contribution in [3.8, 4) is 11.5 Å². The molecule has 2 aliphatic rings. The minimum atomic E-state index is 0.499. The van der Waals surface area contributed by atoms with Crippen LogP contribution in [-0.4, -0.2) is 52.5 Å². The molecule has 1 fully saturated rings. The number of piperidine rings is 1. The van der Waals surface area contributed by atoms with Crippen LogP contribution in [0.15, 0.2) is 24.3 Å². The molecule has 1 atom stereocenters. The van der Waals surface area contributed by atoms with E-state index in [2.05, 4.69) is 19.7 Å². The number of rotatable bonds is 7. The van der Waals surface area contributed by atoms with Crippen LogP contribution in [0.3, 0.4) is 0 Å². The van der Waals surface area contributed by atoms with Crippen LogP contribution < -0.4 is 9.47 Å². The lowest BCUT2D eigenvalue weighted by Crippen LogP contribution is -2.38. The quantitative estimate of drug-likeness (QED) is 0.729. The Kier molecular flexibility index (Phi) is 6.47. The molecular formula is C22H32N4O2. The predicted molar refractivity (Wildman–Crippen MR) is 109 cm³/mol. The van der Waals surface area contributed by atoms with Gasteiger partial charge in [-0.05, 0) is 63.4 Å². The predicted octanol–water partition coefficient (Wildman–Crippen LogP) is 3.66. The third kappa shape index (κ3) is 4.66. The monoisotopic (exact) mass is 384 g/mol. The SMILES string of the molecule is CCOc1ccc(OCCN2CCCC(c3nnc4n3CCCCC4)C2)cc1. The van der Waals surface area contributed by atoms with Crippen molar-refractivity contribution in [3.63, 3.8) is 0 Å². The molecule has 0 N–H and O–H groups in total. The second-order valence-corrected chi connectivity index (χ2v) is 7.83. The molecule has 0 aliphatic carbocycles. The molecule has 3 heterocycles. The van der Waals surface area contributed by atoms with Gasteiger partial charge in [0.2, 0.25) is 0 Å². The summed E-state index contributed by atoms with van der Waals surface area (Å²) in [6.45, 7) is 7.63. The average Bonchev–Trinajstić information content (AvgIpc) is 2.98. The van der Waals surface area contributed by atoms with Gasteiger partial charge in [-0.3, -0.25) is 4.90 Å². The van der Waals surface area contributed by atoms with Gasteiger partial charge in [-0.2, -0.15) is 0 Å². The summed E-state index contributed by atoms with van der Waals surface area (Å²) in [5.74, 6) is 4.71. The zero-order valence-corrected chi connectivity index (χ0v) is 17.0. The minimum Gasteiger partial charge on any atom is -0.494 e. The molecule has 6 heteroatoms. The van der Waals surface area contributed by atoms with Crippen LogP contribution in [0.5, 0.6) is 11.5 Å². The van der Waals surface area contributed by atoms with Crippen molar-refractivity contribution >= 4 is 0 Å². The van der Waals surface area contributed by atoms with Crippen molar-refractivity contribution in [3.05, 3.63) is 35.9 Å².